The second kappa shape index (κ2) is 9.09. The molecule has 0 aromatic heterocycles. The zero-order valence-electron chi connectivity index (χ0n) is 16.6. The molecule has 1 aliphatic heterocycles. The molecule has 0 unspecified atom stereocenters. The lowest BCUT2D eigenvalue weighted by molar-refractivity contribution is -0.129. The van der Waals surface area contributed by atoms with Crippen LogP contribution in [0.25, 0.3) is 6.08 Å². The lowest BCUT2D eigenvalue weighted by atomic mass is 10.2. The number of carbonyl (C=O) groups excluding carboxylic acids is 1. The van der Waals surface area contributed by atoms with Crippen LogP contribution in [-0.2, 0) is 16.1 Å². The molecule has 1 aliphatic rings. The van der Waals surface area contributed by atoms with E-state index in [9.17, 15) is 4.79 Å². The lowest BCUT2D eigenvalue weighted by Gasteiger charge is -2.07. The summed E-state index contributed by atoms with van der Waals surface area (Å²) >= 11 is 0. The maximum Gasteiger partial charge on any atom is 0.363 e. The minimum atomic E-state index is -0.477. The molecule has 0 fully saturated rings. The van der Waals surface area contributed by atoms with Crippen LogP contribution in [0.3, 0.4) is 0 Å². The van der Waals surface area contributed by atoms with Crippen molar-refractivity contribution < 1.29 is 19.0 Å². The van der Waals surface area contributed by atoms with Crippen molar-refractivity contribution in [2.45, 2.75) is 13.5 Å². The van der Waals surface area contributed by atoms with E-state index >= 15 is 0 Å². The van der Waals surface area contributed by atoms with Crippen molar-refractivity contribution in [3.05, 3.63) is 101 Å². The zero-order chi connectivity index (χ0) is 20.8. The van der Waals surface area contributed by atoms with Gasteiger partial charge in [0.2, 0.25) is 5.90 Å². The molecule has 0 saturated carbocycles. The van der Waals surface area contributed by atoms with E-state index in [0.29, 0.717) is 13.2 Å². The van der Waals surface area contributed by atoms with Gasteiger partial charge in [-0.3, -0.25) is 0 Å². The second-order valence-corrected chi connectivity index (χ2v) is 6.64. The van der Waals surface area contributed by atoms with E-state index in [1.165, 1.54) is 0 Å². The van der Waals surface area contributed by atoms with Crippen molar-refractivity contribution in [1.82, 2.24) is 0 Å². The average molecular weight is 399 g/mol. The second-order valence-electron chi connectivity index (χ2n) is 6.64. The fourth-order valence-electron chi connectivity index (χ4n) is 2.99. The van der Waals surface area contributed by atoms with E-state index in [-0.39, 0.29) is 11.6 Å². The molecule has 3 aromatic carbocycles. The van der Waals surface area contributed by atoms with Crippen LogP contribution in [0.4, 0.5) is 0 Å². The molecule has 150 valence electrons. The van der Waals surface area contributed by atoms with Gasteiger partial charge in [0.05, 0.1) is 6.61 Å². The van der Waals surface area contributed by atoms with Crippen molar-refractivity contribution in [2.75, 3.05) is 6.61 Å². The van der Waals surface area contributed by atoms with Gasteiger partial charge in [0, 0.05) is 5.56 Å². The van der Waals surface area contributed by atoms with Crippen LogP contribution >= 0.6 is 0 Å². The summed E-state index contributed by atoms with van der Waals surface area (Å²) in [7, 11) is 0. The molecule has 0 atom stereocenters. The average Bonchev–Trinajstić information content (AvgIpc) is 3.14. The van der Waals surface area contributed by atoms with Gasteiger partial charge >= 0.3 is 5.97 Å². The van der Waals surface area contributed by atoms with Crippen LogP contribution in [0.15, 0.2) is 89.6 Å². The Hall–Kier alpha value is -3.86. The van der Waals surface area contributed by atoms with Crippen molar-refractivity contribution in [3.8, 4) is 11.5 Å². The van der Waals surface area contributed by atoms with E-state index in [2.05, 4.69) is 4.99 Å². The van der Waals surface area contributed by atoms with Crippen molar-refractivity contribution >= 4 is 17.9 Å². The van der Waals surface area contributed by atoms with E-state index in [1.807, 2.05) is 85.8 Å². The molecule has 0 amide bonds. The summed E-state index contributed by atoms with van der Waals surface area (Å²) in [5.41, 5.74) is 2.86. The van der Waals surface area contributed by atoms with Gasteiger partial charge in [-0.25, -0.2) is 9.79 Å². The number of carbonyl (C=O) groups is 1. The molecular formula is C25H21NO4. The first-order chi connectivity index (χ1) is 14.7. The molecule has 0 N–H and O–H groups in total. The summed E-state index contributed by atoms with van der Waals surface area (Å²) in [6, 6.07) is 24.7. The van der Waals surface area contributed by atoms with Crippen LogP contribution in [0.1, 0.15) is 23.6 Å². The number of esters is 1. The minimum Gasteiger partial charge on any atom is -0.494 e. The van der Waals surface area contributed by atoms with Gasteiger partial charge in [0.15, 0.2) is 5.70 Å². The number of nitrogens with zero attached hydrogens (tertiary/aromatic N) is 1. The van der Waals surface area contributed by atoms with Gasteiger partial charge < -0.3 is 14.2 Å². The first-order valence-electron chi connectivity index (χ1n) is 9.74. The Balaban J connectivity index is 1.49. The van der Waals surface area contributed by atoms with Crippen LogP contribution in [0, 0.1) is 0 Å². The number of hydrogen-bond donors (Lipinski definition) is 0. The molecule has 4 rings (SSSR count). The summed E-state index contributed by atoms with van der Waals surface area (Å²) in [5.74, 6) is 1.28. The Morgan fingerprint density at radius 1 is 0.900 bits per heavy atom. The first kappa shape index (κ1) is 19.5. The highest BCUT2D eigenvalue weighted by Gasteiger charge is 2.24. The molecule has 0 spiro atoms. The van der Waals surface area contributed by atoms with Crippen molar-refractivity contribution in [3.63, 3.8) is 0 Å². The number of hydrogen-bond acceptors (Lipinski definition) is 5. The van der Waals surface area contributed by atoms with Gasteiger partial charge in [0.25, 0.3) is 0 Å². The third-order valence-electron chi connectivity index (χ3n) is 4.44. The SMILES string of the molecule is CCOc1ccc(C2=N/C(=C/c3cccc(OCc4ccccc4)c3)C(=O)O2)cc1. The quantitative estimate of drug-likeness (QED) is 0.414. The van der Waals surface area contributed by atoms with Crippen LogP contribution in [0.5, 0.6) is 11.5 Å². The molecule has 30 heavy (non-hydrogen) atoms. The predicted molar refractivity (Wildman–Crippen MR) is 115 cm³/mol. The maximum atomic E-state index is 12.3. The van der Waals surface area contributed by atoms with E-state index in [4.69, 9.17) is 14.2 Å². The van der Waals surface area contributed by atoms with Gasteiger partial charge in [-0.1, -0.05) is 42.5 Å². The maximum absolute atomic E-state index is 12.3. The van der Waals surface area contributed by atoms with Gasteiger partial charge in [-0.15, -0.1) is 0 Å². The third-order valence-corrected chi connectivity index (χ3v) is 4.44. The Bertz CT molecular complexity index is 1090. The fourth-order valence-corrected chi connectivity index (χ4v) is 2.99. The van der Waals surface area contributed by atoms with E-state index in [1.54, 1.807) is 6.08 Å². The first-order valence-corrected chi connectivity index (χ1v) is 9.74. The smallest absolute Gasteiger partial charge is 0.363 e. The standard InChI is InChI=1S/C25H21NO4/c1-2-28-21-13-11-20(12-14-21)24-26-23(25(27)30-24)16-19-9-6-10-22(15-19)29-17-18-7-4-3-5-8-18/h3-16H,2,17H2,1H3/b23-16+. The summed E-state index contributed by atoms with van der Waals surface area (Å²) in [6.45, 7) is 2.99. The van der Waals surface area contributed by atoms with E-state index in [0.717, 1.165) is 28.2 Å². The number of rotatable bonds is 7. The molecular weight excluding hydrogens is 378 g/mol. The predicted octanol–water partition coefficient (Wildman–Crippen LogP) is 5.01. The molecule has 0 bridgehead atoms. The monoisotopic (exact) mass is 399 g/mol. The topological polar surface area (TPSA) is 57.1 Å². The summed E-state index contributed by atoms with van der Waals surface area (Å²) in [6.07, 6.45) is 1.69. The van der Waals surface area contributed by atoms with Crippen molar-refractivity contribution in [1.29, 1.82) is 0 Å². The summed E-state index contributed by atoms with van der Waals surface area (Å²) in [5, 5.41) is 0. The number of cyclic esters (lactones) is 1. The van der Waals surface area contributed by atoms with Crippen molar-refractivity contribution in [2.24, 2.45) is 4.99 Å². The third kappa shape index (κ3) is 4.75. The largest absolute Gasteiger partial charge is 0.494 e. The van der Waals surface area contributed by atoms with Crippen LogP contribution in [0.2, 0.25) is 0 Å². The Kier molecular flexibility index (Phi) is 5.90. The summed E-state index contributed by atoms with van der Waals surface area (Å²) in [4.78, 5) is 16.6. The molecule has 5 nitrogen and oxygen atoms in total. The highest BCUT2D eigenvalue weighted by molar-refractivity contribution is 6.12. The minimum absolute atomic E-state index is 0.249. The Morgan fingerprint density at radius 3 is 2.47 bits per heavy atom. The number of benzene rings is 3. The highest BCUT2D eigenvalue weighted by atomic mass is 16.6. The molecule has 1 heterocycles. The number of ether oxygens (including phenoxy) is 3. The van der Waals surface area contributed by atoms with Gasteiger partial charge in [0.1, 0.15) is 18.1 Å². The molecule has 0 aliphatic carbocycles. The Labute approximate surface area is 175 Å². The molecule has 0 saturated heterocycles. The van der Waals surface area contributed by atoms with Crippen LogP contribution < -0.4 is 9.47 Å². The molecule has 0 radical (unpaired) electrons. The molecule has 5 heteroatoms. The van der Waals surface area contributed by atoms with E-state index < -0.39 is 5.97 Å². The fraction of sp³-hybridized carbons (Fsp3) is 0.120. The van der Waals surface area contributed by atoms with Gasteiger partial charge in [-0.05, 0) is 60.5 Å². The Morgan fingerprint density at radius 2 is 1.70 bits per heavy atom. The highest BCUT2D eigenvalue weighted by Crippen LogP contribution is 2.23. The van der Waals surface area contributed by atoms with Crippen LogP contribution in [-0.4, -0.2) is 18.5 Å². The number of aliphatic imine (C=N–C) groups is 1. The van der Waals surface area contributed by atoms with Gasteiger partial charge in [-0.2, -0.15) is 0 Å². The molecule has 3 aromatic rings. The zero-order valence-corrected chi connectivity index (χ0v) is 16.6. The normalized spacial score (nSPS) is 14.4. The lowest BCUT2D eigenvalue weighted by Crippen LogP contribution is -2.05. The summed E-state index contributed by atoms with van der Waals surface area (Å²) < 4.78 is 16.6.